The highest BCUT2D eigenvalue weighted by Gasteiger charge is 2.14. The summed E-state index contributed by atoms with van der Waals surface area (Å²) in [5.74, 6) is -0.193. The van der Waals surface area contributed by atoms with Crippen LogP contribution in [0.1, 0.15) is 34.5 Å². The fourth-order valence-corrected chi connectivity index (χ4v) is 3.83. The Balaban J connectivity index is 1.54. The number of thiazole rings is 1. The quantitative estimate of drug-likeness (QED) is 0.792. The van der Waals surface area contributed by atoms with Crippen molar-refractivity contribution in [2.45, 2.75) is 25.7 Å². The maximum absolute atomic E-state index is 12.2. The van der Waals surface area contributed by atoms with Gasteiger partial charge in [-0.1, -0.05) is 12.1 Å². The summed E-state index contributed by atoms with van der Waals surface area (Å²) in [6, 6.07) is 8.28. The van der Waals surface area contributed by atoms with Crippen LogP contribution in [-0.4, -0.2) is 20.7 Å². The minimum atomic E-state index is -0.193. The number of rotatable bonds is 3. The van der Waals surface area contributed by atoms with Crippen molar-refractivity contribution < 1.29 is 4.79 Å². The molecule has 1 amide bonds. The van der Waals surface area contributed by atoms with Crippen molar-refractivity contribution in [3.05, 3.63) is 52.7 Å². The summed E-state index contributed by atoms with van der Waals surface area (Å²) in [5.41, 5.74) is 5.44. The minimum Gasteiger partial charge on any atom is -0.296 e. The summed E-state index contributed by atoms with van der Waals surface area (Å²) in [4.78, 5) is 16.8. The Morgan fingerprint density at radius 1 is 1.21 bits per heavy atom. The van der Waals surface area contributed by atoms with Crippen LogP contribution in [-0.2, 0) is 19.9 Å². The Morgan fingerprint density at radius 2 is 2.04 bits per heavy atom. The van der Waals surface area contributed by atoms with Gasteiger partial charge in [0.05, 0.1) is 5.69 Å². The predicted octanol–water partition coefficient (Wildman–Crippen LogP) is 3.67. The van der Waals surface area contributed by atoms with Crippen LogP contribution in [0.2, 0.25) is 0 Å². The first-order valence-electron chi connectivity index (χ1n) is 8.08. The molecule has 24 heavy (non-hydrogen) atoms. The van der Waals surface area contributed by atoms with Crippen molar-refractivity contribution in [3.63, 3.8) is 0 Å². The minimum absolute atomic E-state index is 0.193. The Labute approximate surface area is 144 Å². The largest absolute Gasteiger partial charge is 0.296 e. The van der Waals surface area contributed by atoms with E-state index in [2.05, 4.69) is 33.6 Å². The second-order valence-electron chi connectivity index (χ2n) is 6.02. The Bertz CT molecular complexity index is 896. The third-order valence-corrected chi connectivity index (χ3v) is 5.18. The van der Waals surface area contributed by atoms with Gasteiger partial charge in [-0.2, -0.15) is 5.10 Å². The van der Waals surface area contributed by atoms with Crippen molar-refractivity contribution in [3.8, 4) is 11.3 Å². The molecule has 0 saturated heterocycles. The fourth-order valence-electron chi connectivity index (χ4n) is 3.11. The van der Waals surface area contributed by atoms with E-state index in [1.807, 2.05) is 5.38 Å². The van der Waals surface area contributed by atoms with Crippen LogP contribution in [0.4, 0.5) is 5.13 Å². The van der Waals surface area contributed by atoms with E-state index in [1.54, 1.807) is 24.0 Å². The summed E-state index contributed by atoms with van der Waals surface area (Å²) in [6.45, 7) is 0. The van der Waals surface area contributed by atoms with Crippen LogP contribution >= 0.6 is 11.3 Å². The molecule has 0 bridgehead atoms. The maximum atomic E-state index is 12.2. The molecule has 4 rings (SSSR count). The van der Waals surface area contributed by atoms with Crippen LogP contribution in [0.3, 0.4) is 0 Å². The second kappa shape index (κ2) is 6.20. The van der Waals surface area contributed by atoms with Gasteiger partial charge in [0.2, 0.25) is 0 Å². The van der Waals surface area contributed by atoms with Gasteiger partial charge in [0, 0.05) is 24.2 Å². The van der Waals surface area contributed by atoms with Gasteiger partial charge in [0.25, 0.3) is 5.91 Å². The van der Waals surface area contributed by atoms with Gasteiger partial charge >= 0.3 is 0 Å². The van der Waals surface area contributed by atoms with Gasteiger partial charge in [0.15, 0.2) is 5.13 Å². The number of benzene rings is 1. The number of nitrogens with one attached hydrogen (secondary N) is 1. The maximum Gasteiger partial charge on any atom is 0.275 e. The summed E-state index contributed by atoms with van der Waals surface area (Å²) >= 11 is 1.44. The van der Waals surface area contributed by atoms with E-state index in [9.17, 15) is 4.79 Å². The summed E-state index contributed by atoms with van der Waals surface area (Å²) in [5, 5.41) is 9.45. The summed E-state index contributed by atoms with van der Waals surface area (Å²) < 4.78 is 1.55. The number of carbonyl (C=O) groups is 1. The smallest absolute Gasteiger partial charge is 0.275 e. The number of hydrogen-bond acceptors (Lipinski definition) is 4. The van der Waals surface area contributed by atoms with E-state index in [0.717, 1.165) is 17.7 Å². The lowest BCUT2D eigenvalue weighted by Crippen LogP contribution is -2.15. The molecule has 0 radical (unpaired) electrons. The first-order valence-corrected chi connectivity index (χ1v) is 8.96. The van der Waals surface area contributed by atoms with Gasteiger partial charge < -0.3 is 0 Å². The van der Waals surface area contributed by atoms with Gasteiger partial charge in [-0.05, 0) is 48.9 Å². The highest BCUT2D eigenvalue weighted by molar-refractivity contribution is 7.14. The van der Waals surface area contributed by atoms with Gasteiger partial charge in [-0.3, -0.25) is 14.8 Å². The molecule has 0 aliphatic heterocycles. The molecule has 0 spiro atoms. The molecule has 0 atom stereocenters. The second-order valence-corrected chi connectivity index (χ2v) is 6.88. The Kier molecular flexibility index (Phi) is 3.90. The van der Waals surface area contributed by atoms with Gasteiger partial charge in [-0.25, -0.2) is 4.98 Å². The van der Waals surface area contributed by atoms with Crippen LogP contribution in [0.25, 0.3) is 11.3 Å². The standard InChI is InChI=1S/C18H18N4OS/c1-22-16(8-9-19-22)17(23)21-18-20-15(11-24-18)14-7-6-12-4-2-3-5-13(12)10-14/h6-11H,2-5H2,1H3,(H,20,21,23). The number of nitrogens with zero attached hydrogens (tertiary/aromatic N) is 3. The summed E-state index contributed by atoms with van der Waals surface area (Å²) in [6.07, 6.45) is 6.48. The van der Waals surface area contributed by atoms with Crippen LogP contribution in [0.15, 0.2) is 35.8 Å². The number of anilines is 1. The number of aryl methyl sites for hydroxylation is 3. The normalized spacial score (nSPS) is 13.5. The lowest BCUT2D eigenvalue weighted by Gasteiger charge is -2.16. The molecule has 2 heterocycles. The highest BCUT2D eigenvalue weighted by Crippen LogP contribution is 2.29. The van der Waals surface area contributed by atoms with Crippen molar-refractivity contribution in [1.29, 1.82) is 0 Å². The van der Waals surface area contributed by atoms with Gasteiger partial charge in [0.1, 0.15) is 5.69 Å². The first kappa shape index (κ1) is 15.1. The number of aromatic nitrogens is 3. The molecule has 1 aromatic carbocycles. The molecule has 1 aliphatic rings. The molecule has 3 aromatic rings. The average Bonchev–Trinajstić information content (AvgIpc) is 3.23. The topological polar surface area (TPSA) is 59.8 Å². The van der Waals surface area contributed by atoms with Crippen LogP contribution in [0.5, 0.6) is 0 Å². The Hall–Kier alpha value is -2.47. The van der Waals surface area contributed by atoms with E-state index < -0.39 is 0 Å². The van der Waals surface area contributed by atoms with E-state index in [1.165, 1.54) is 41.7 Å². The average molecular weight is 338 g/mol. The molecule has 0 saturated carbocycles. The van der Waals surface area contributed by atoms with E-state index >= 15 is 0 Å². The zero-order valence-corrected chi connectivity index (χ0v) is 14.3. The molecule has 1 N–H and O–H groups in total. The van der Waals surface area contributed by atoms with E-state index in [4.69, 9.17) is 0 Å². The fraction of sp³-hybridized carbons (Fsp3) is 0.278. The van der Waals surface area contributed by atoms with Crippen molar-refractivity contribution in [1.82, 2.24) is 14.8 Å². The number of amides is 1. The summed E-state index contributed by atoms with van der Waals surface area (Å²) in [7, 11) is 1.75. The molecule has 2 aromatic heterocycles. The van der Waals surface area contributed by atoms with E-state index in [0.29, 0.717) is 10.8 Å². The molecule has 0 fully saturated rings. The monoisotopic (exact) mass is 338 g/mol. The first-order chi connectivity index (χ1) is 11.7. The molecular formula is C18H18N4OS. The third-order valence-electron chi connectivity index (χ3n) is 4.42. The number of fused-ring (bicyclic) bond motifs is 1. The zero-order chi connectivity index (χ0) is 16.5. The van der Waals surface area contributed by atoms with Gasteiger partial charge in [-0.15, -0.1) is 11.3 Å². The molecule has 122 valence electrons. The Morgan fingerprint density at radius 3 is 2.83 bits per heavy atom. The number of hydrogen-bond donors (Lipinski definition) is 1. The van der Waals surface area contributed by atoms with E-state index in [-0.39, 0.29) is 5.91 Å². The number of carbonyl (C=O) groups excluding carboxylic acids is 1. The molecule has 6 heteroatoms. The van der Waals surface area contributed by atoms with Crippen LogP contribution < -0.4 is 5.32 Å². The van der Waals surface area contributed by atoms with Crippen molar-refractivity contribution in [2.75, 3.05) is 5.32 Å². The molecule has 5 nitrogen and oxygen atoms in total. The van der Waals surface area contributed by atoms with Crippen molar-refractivity contribution in [2.24, 2.45) is 7.05 Å². The zero-order valence-electron chi connectivity index (χ0n) is 13.5. The SMILES string of the molecule is Cn1nccc1C(=O)Nc1nc(-c2ccc3c(c2)CCCC3)cs1. The lowest BCUT2D eigenvalue weighted by molar-refractivity contribution is 0.101. The lowest BCUT2D eigenvalue weighted by atomic mass is 9.90. The molecular weight excluding hydrogens is 320 g/mol. The highest BCUT2D eigenvalue weighted by atomic mass is 32.1. The predicted molar refractivity (Wildman–Crippen MR) is 95.4 cm³/mol. The van der Waals surface area contributed by atoms with Crippen LogP contribution in [0, 0.1) is 0 Å². The third kappa shape index (κ3) is 2.85. The molecule has 1 aliphatic carbocycles. The van der Waals surface area contributed by atoms with Crippen molar-refractivity contribution >= 4 is 22.4 Å². The molecule has 0 unspecified atom stereocenters.